The summed E-state index contributed by atoms with van der Waals surface area (Å²) < 4.78 is 23.6. The molecule has 0 aliphatic carbocycles. The third-order valence-electron chi connectivity index (χ3n) is 6.55. The number of amides is 4. The molecule has 45 heavy (non-hydrogen) atoms. The number of rotatable bonds is 20. The van der Waals surface area contributed by atoms with Crippen LogP contribution in [0, 0.1) is 5.92 Å². The smallest absolute Gasteiger partial charge is 0.305 e. The standard InChI is InChI=1S/C29H42N4O11S/c1-17(2)26(29(42)32-21(15-24(36)37)23(35)12-8-11-19-9-6-5-7-10-19)33-27(40)20(13-14-45(4,43)44)31-28(41)22(16-25(38)39)30-18(3)34/h5-7,9-10,17,20-22,26H,8,11-16H2,1-4H3,(H,30,34)(H,31,41)(H,32,42)(H,33,40)(H,36,37)(H,38,39)/t20-,21?,22-,26-/m0/s1. The number of Topliss-reactive ketones (excluding diaryl/α,β-unsaturated/α-hetero) is 1. The number of sulfone groups is 1. The van der Waals surface area contributed by atoms with Gasteiger partial charge in [-0.25, -0.2) is 8.42 Å². The zero-order chi connectivity index (χ0) is 34.3. The Morgan fingerprint density at radius 1 is 0.756 bits per heavy atom. The van der Waals surface area contributed by atoms with Gasteiger partial charge >= 0.3 is 11.9 Å². The van der Waals surface area contributed by atoms with Gasteiger partial charge in [0.25, 0.3) is 0 Å². The SMILES string of the molecule is CC(=O)N[C@@H](CC(=O)O)C(=O)N[C@@H](CCS(C)(=O)=O)C(=O)N[C@H](C(=O)NC(CC(=O)O)C(=O)CCCc1ccccc1)C(C)C. The predicted octanol–water partition coefficient (Wildman–Crippen LogP) is -0.422. The Morgan fingerprint density at radius 3 is 1.80 bits per heavy atom. The highest BCUT2D eigenvalue weighted by Gasteiger charge is 2.33. The van der Waals surface area contributed by atoms with Crippen LogP contribution in [0.15, 0.2) is 30.3 Å². The topological polar surface area (TPSA) is 242 Å². The zero-order valence-corrected chi connectivity index (χ0v) is 26.5. The Kier molecular flexibility index (Phi) is 15.9. The molecule has 4 amide bonds. The fourth-order valence-electron chi connectivity index (χ4n) is 4.26. The molecule has 6 N–H and O–H groups in total. The van der Waals surface area contributed by atoms with Crippen molar-refractivity contribution < 1.29 is 52.2 Å². The van der Waals surface area contributed by atoms with Crippen LogP contribution in [0.1, 0.15) is 58.4 Å². The second kappa shape index (κ2) is 18.5. The van der Waals surface area contributed by atoms with Gasteiger partial charge in [-0.05, 0) is 30.7 Å². The van der Waals surface area contributed by atoms with Gasteiger partial charge in [0.2, 0.25) is 23.6 Å². The van der Waals surface area contributed by atoms with Crippen molar-refractivity contribution in [3.63, 3.8) is 0 Å². The molecule has 0 aromatic heterocycles. The minimum absolute atomic E-state index is 0.0166. The Hall–Kier alpha value is -4.34. The molecule has 0 fully saturated rings. The second-order valence-electron chi connectivity index (χ2n) is 11.0. The molecule has 0 aliphatic rings. The van der Waals surface area contributed by atoms with Gasteiger partial charge in [-0.3, -0.25) is 33.6 Å². The summed E-state index contributed by atoms with van der Waals surface area (Å²) in [5.41, 5.74) is 0.982. The van der Waals surface area contributed by atoms with E-state index in [0.29, 0.717) is 12.8 Å². The van der Waals surface area contributed by atoms with E-state index in [-0.39, 0.29) is 6.42 Å². The van der Waals surface area contributed by atoms with Crippen LogP contribution in [0.2, 0.25) is 0 Å². The quantitative estimate of drug-likeness (QED) is 0.105. The van der Waals surface area contributed by atoms with E-state index in [1.54, 1.807) is 13.8 Å². The molecule has 0 radical (unpaired) electrons. The zero-order valence-electron chi connectivity index (χ0n) is 25.7. The van der Waals surface area contributed by atoms with Crippen LogP contribution < -0.4 is 21.3 Å². The molecule has 1 aromatic carbocycles. The number of aliphatic carboxylic acids is 2. The van der Waals surface area contributed by atoms with E-state index in [1.807, 2.05) is 30.3 Å². The normalized spacial score (nSPS) is 13.9. The van der Waals surface area contributed by atoms with E-state index in [1.165, 1.54) is 0 Å². The second-order valence-corrected chi connectivity index (χ2v) is 13.3. The highest BCUT2D eigenvalue weighted by atomic mass is 32.2. The Bertz CT molecular complexity index is 1320. The number of hydrogen-bond acceptors (Lipinski definition) is 9. The maximum Gasteiger partial charge on any atom is 0.305 e. The average molecular weight is 655 g/mol. The van der Waals surface area contributed by atoms with Gasteiger partial charge in [0, 0.05) is 19.6 Å². The maximum absolute atomic E-state index is 13.3. The van der Waals surface area contributed by atoms with Gasteiger partial charge in [0.15, 0.2) is 5.78 Å². The molecular formula is C29H42N4O11S. The van der Waals surface area contributed by atoms with Crippen LogP contribution in [0.25, 0.3) is 0 Å². The number of hydrogen-bond donors (Lipinski definition) is 6. The van der Waals surface area contributed by atoms with Crippen LogP contribution in [-0.4, -0.2) is 96.2 Å². The van der Waals surface area contributed by atoms with Crippen LogP contribution in [0.3, 0.4) is 0 Å². The summed E-state index contributed by atoms with van der Waals surface area (Å²) in [6.07, 6.45) is -0.133. The van der Waals surface area contributed by atoms with Crippen LogP contribution >= 0.6 is 0 Å². The van der Waals surface area contributed by atoms with Crippen LogP contribution in [0.4, 0.5) is 0 Å². The first kappa shape index (κ1) is 38.7. The van der Waals surface area contributed by atoms with Crippen molar-refractivity contribution in [2.24, 2.45) is 5.92 Å². The molecule has 0 saturated heterocycles. The summed E-state index contributed by atoms with van der Waals surface area (Å²) >= 11 is 0. The number of aryl methyl sites for hydroxylation is 1. The molecule has 16 heteroatoms. The molecule has 4 atom stereocenters. The van der Waals surface area contributed by atoms with Gasteiger partial charge in [-0.1, -0.05) is 44.2 Å². The molecule has 0 bridgehead atoms. The van der Waals surface area contributed by atoms with Crippen LogP contribution in [0.5, 0.6) is 0 Å². The highest BCUT2D eigenvalue weighted by Crippen LogP contribution is 2.10. The molecule has 0 heterocycles. The molecule has 0 aliphatic heterocycles. The van der Waals surface area contributed by atoms with Gasteiger partial charge in [0.05, 0.1) is 24.6 Å². The number of benzene rings is 1. The maximum atomic E-state index is 13.3. The van der Waals surface area contributed by atoms with Crippen LogP contribution in [-0.2, 0) is 49.8 Å². The molecule has 1 rings (SSSR count). The van der Waals surface area contributed by atoms with Gasteiger partial charge in [-0.2, -0.15) is 0 Å². The van der Waals surface area contributed by atoms with Crippen molar-refractivity contribution in [2.75, 3.05) is 12.0 Å². The van der Waals surface area contributed by atoms with Gasteiger partial charge in [0.1, 0.15) is 28.0 Å². The highest BCUT2D eigenvalue weighted by molar-refractivity contribution is 7.90. The van der Waals surface area contributed by atoms with Crippen molar-refractivity contribution in [1.82, 2.24) is 21.3 Å². The lowest BCUT2D eigenvalue weighted by Crippen LogP contribution is -2.59. The van der Waals surface area contributed by atoms with Crippen molar-refractivity contribution in [1.29, 1.82) is 0 Å². The van der Waals surface area contributed by atoms with E-state index in [9.17, 15) is 47.1 Å². The Labute approximate surface area is 261 Å². The average Bonchev–Trinajstić information content (AvgIpc) is 2.91. The lowest BCUT2D eigenvalue weighted by molar-refractivity contribution is -0.142. The number of nitrogens with one attached hydrogen (secondary N) is 4. The van der Waals surface area contributed by atoms with E-state index in [0.717, 1.165) is 18.7 Å². The first-order chi connectivity index (χ1) is 20.9. The molecule has 0 spiro atoms. The number of carboxylic acid groups (broad SMARTS) is 2. The fraction of sp³-hybridized carbons (Fsp3) is 0.552. The minimum atomic E-state index is -3.64. The van der Waals surface area contributed by atoms with E-state index in [2.05, 4.69) is 21.3 Å². The first-order valence-electron chi connectivity index (χ1n) is 14.3. The van der Waals surface area contributed by atoms with Crippen molar-refractivity contribution in [3.8, 4) is 0 Å². The Balaban J connectivity index is 3.10. The third-order valence-corrected chi connectivity index (χ3v) is 7.52. The Morgan fingerprint density at radius 2 is 1.29 bits per heavy atom. The summed E-state index contributed by atoms with van der Waals surface area (Å²) in [5.74, 6) is -8.13. The number of ketones is 1. The molecule has 0 saturated carbocycles. The molecule has 15 nitrogen and oxygen atoms in total. The number of carbonyl (C=O) groups is 7. The lowest BCUT2D eigenvalue weighted by Gasteiger charge is -2.27. The molecule has 250 valence electrons. The van der Waals surface area contributed by atoms with Gasteiger partial charge < -0.3 is 31.5 Å². The summed E-state index contributed by atoms with van der Waals surface area (Å²) in [5, 5.41) is 27.7. The summed E-state index contributed by atoms with van der Waals surface area (Å²) in [7, 11) is -3.64. The molecule has 1 unspecified atom stereocenters. The van der Waals surface area contributed by atoms with E-state index < -0.39 is 106 Å². The monoisotopic (exact) mass is 654 g/mol. The summed E-state index contributed by atoms with van der Waals surface area (Å²) in [6, 6.07) is 3.43. The van der Waals surface area contributed by atoms with Gasteiger partial charge in [-0.15, -0.1) is 0 Å². The van der Waals surface area contributed by atoms with E-state index in [4.69, 9.17) is 5.11 Å². The third kappa shape index (κ3) is 15.8. The summed E-state index contributed by atoms with van der Waals surface area (Å²) in [4.78, 5) is 86.4. The fourth-order valence-corrected chi connectivity index (χ4v) is 4.92. The minimum Gasteiger partial charge on any atom is -0.481 e. The summed E-state index contributed by atoms with van der Waals surface area (Å²) in [6.45, 7) is 4.16. The largest absolute Gasteiger partial charge is 0.481 e. The number of carbonyl (C=O) groups excluding carboxylic acids is 5. The van der Waals surface area contributed by atoms with Crippen molar-refractivity contribution >= 4 is 51.2 Å². The first-order valence-corrected chi connectivity index (χ1v) is 16.3. The molecular weight excluding hydrogens is 612 g/mol. The number of carboxylic acids is 2. The molecule has 1 aromatic rings. The predicted molar refractivity (Wildman–Crippen MR) is 161 cm³/mol. The lowest BCUT2D eigenvalue weighted by atomic mass is 9.98. The van der Waals surface area contributed by atoms with E-state index >= 15 is 0 Å². The van der Waals surface area contributed by atoms with Crippen molar-refractivity contribution in [2.45, 2.75) is 83.5 Å². The van der Waals surface area contributed by atoms with Crippen molar-refractivity contribution in [3.05, 3.63) is 35.9 Å².